The van der Waals surface area contributed by atoms with Crippen molar-refractivity contribution in [2.24, 2.45) is 0 Å². The number of unbranched alkanes of at least 4 members (excludes halogenated alkanes) is 3. The molecule has 2 heterocycles. The second kappa shape index (κ2) is 13.0. The number of benzene rings is 1. The van der Waals surface area contributed by atoms with Gasteiger partial charge in [-0.2, -0.15) is 5.10 Å². The Morgan fingerprint density at radius 3 is 2.47 bits per heavy atom. The van der Waals surface area contributed by atoms with Crippen LogP contribution in [0.15, 0.2) is 24.3 Å². The van der Waals surface area contributed by atoms with E-state index in [4.69, 9.17) is 5.10 Å². The average Bonchev–Trinajstić information content (AvgIpc) is 3.14. The summed E-state index contributed by atoms with van der Waals surface area (Å²) in [4.78, 5) is 5.14. The fourth-order valence-electron chi connectivity index (χ4n) is 4.62. The van der Waals surface area contributed by atoms with Crippen molar-refractivity contribution in [3.8, 4) is 0 Å². The monoisotopic (exact) mass is 413 g/mol. The first-order valence-electron chi connectivity index (χ1n) is 12.5. The average molecular weight is 414 g/mol. The summed E-state index contributed by atoms with van der Waals surface area (Å²) in [6.07, 6.45) is 10.6. The SMILES string of the molecule is CCN(CC)CCCn1nc(NCCCCCCN2CCCCC2)c2ccccc21. The Morgan fingerprint density at radius 2 is 1.67 bits per heavy atom. The maximum absolute atomic E-state index is 4.91. The number of hydrogen-bond acceptors (Lipinski definition) is 4. The molecule has 1 fully saturated rings. The number of para-hydroxylation sites is 1. The van der Waals surface area contributed by atoms with E-state index in [1.165, 1.54) is 75.5 Å². The third-order valence-corrected chi connectivity index (χ3v) is 6.54. The van der Waals surface area contributed by atoms with Crippen molar-refractivity contribution in [1.29, 1.82) is 0 Å². The Kier molecular flexibility index (Phi) is 9.97. The smallest absolute Gasteiger partial charge is 0.155 e. The van der Waals surface area contributed by atoms with Gasteiger partial charge < -0.3 is 15.1 Å². The minimum Gasteiger partial charge on any atom is -0.368 e. The number of hydrogen-bond donors (Lipinski definition) is 1. The molecule has 0 aliphatic carbocycles. The van der Waals surface area contributed by atoms with Gasteiger partial charge >= 0.3 is 0 Å². The van der Waals surface area contributed by atoms with Crippen LogP contribution >= 0.6 is 0 Å². The van der Waals surface area contributed by atoms with Crippen molar-refractivity contribution < 1.29 is 0 Å². The van der Waals surface area contributed by atoms with E-state index in [1.807, 2.05) is 0 Å². The number of nitrogens with zero attached hydrogens (tertiary/aromatic N) is 4. The highest BCUT2D eigenvalue weighted by Gasteiger charge is 2.11. The van der Waals surface area contributed by atoms with Crippen LogP contribution in [0.1, 0.15) is 65.2 Å². The van der Waals surface area contributed by atoms with E-state index in [9.17, 15) is 0 Å². The Balaban J connectivity index is 1.39. The number of anilines is 1. The Morgan fingerprint density at radius 1 is 0.900 bits per heavy atom. The number of aryl methyl sites for hydroxylation is 1. The maximum Gasteiger partial charge on any atom is 0.155 e. The Labute approximate surface area is 183 Å². The molecule has 0 bridgehead atoms. The molecule has 0 amide bonds. The molecule has 30 heavy (non-hydrogen) atoms. The number of nitrogens with one attached hydrogen (secondary N) is 1. The number of aromatic nitrogens is 2. The minimum absolute atomic E-state index is 0.981. The molecule has 0 saturated carbocycles. The van der Waals surface area contributed by atoms with E-state index in [0.717, 1.165) is 45.0 Å². The van der Waals surface area contributed by atoms with Crippen LogP contribution in [0.5, 0.6) is 0 Å². The van der Waals surface area contributed by atoms with Crippen LogP contribution in [0.3, 0.4) is 0 Å². The molecule has 2 aromatic rings. The van der Waals surface area contributed by atoms with Crippen LogP contribution in [0.25, 0.3) is 10.9 Å². The fraction of sp³-hybridized carbons (Fsp3) is 0.720. The van der Waals surface area contributed by atoms with Gasteiger partial charge in [0.25, 0.3) is 0 Å². The van der Waals surface area contributed by atoms with Crippen molar-refractivity contribution in [1.82, 2.24) is 19.6 Å². The van der Waals surface area contributed by atoms with Crippen LogP contribution in [0, 0.1) is 0 Å². The van der Waals surface area contributed by atoms with Crippen molar-refractivity contribution >= 4 is 16.7 Å². The molecule has 5 heteroatoms. The van der Waals surface area contributed by atoms with Gasteiger partial charge in [0.15, 0.2) is 5.82 Å². The molecule has 1 N–H and O–H groups in total. The largest absolute Gasteiger partial charge is 0.368 e. The zero-order chi connectivity index (χ0) is 21.0. The molecule has 1 aliphatic rings. The van der Waals surface area contributed by atoms with E-state index in [1.54, 1.807) is 0 Å². The molecule has 3 rings (SSSR count). The lowest BCUT2D eigenvalue weighted by Gasteiger charge is -2.26. The predicted molar refractivity (Wildman–Crippen MR) is 129 cm³/mol. The summed E-state index contributed by atoms with van der Waals surface area (Å²) < 4.78 is 2.19. The summed E-state index contributed by atoms with van der Waals surface area (Å²) in [6, 6.07) is 8.64. The van der Waals surface area contributed by atoms with Crippen molar-refractivity contribution in [2.45, 2.75) is 71.8 Å². The number of rotatable bonds is 14. The van der Waals surface area contributed by atoms with Gasteiger partial charge in [0.1, 0.15) is 0 Å². The third kappa shape index (κ3) is 6.98. The number of likely N-dealkylation sites (tertiary alicyclic amines) is 1. The van der Waals surface area contributed by atoms with Crippen LogP contribution in [-0.2, 0) is 6.54 Å². The van der Waals surface area contributed by atoms with Crippen molar-refractivity contribution in [3.63, 3.8) is 0 Å². The molecule has 168 valence electrons. The van der Waals surface area contributed by atoms with Crippen molar-refractivity contribution in [2.75, 3.05) is 51.1 Å². The molecule has 0 spiro atoms. The summed E-state index contributed by atoms with van der Waals surface area (Å²) in [7, 11) is 0. The number of piperidine rings is 1. The molecule has 5 nitrogen and oxygen atoms in total. The van der Waals surface area contributed by atoms with Crippen LogP contribution in [-0.4, -0.2) is 65.4 Å². The van der Waals surface area contributed by atoms with Gasteiger partial charge in [0.05, 0.1) is 5.52 Å². The predicted octanol–water partition coefficient (Wildman–Crippen LogP) is 5.23. The lowest BCUT2D eigenvalue weighted by Crippen LogP contribution is -2.30. The second-order valence-corrected chi connectivity index (χ2v) is 8.71. The van der Waals surface area contributed by atoms with Crippen LogP contribution < -0.4 is 5.32 Å². The normalized spacial score (nSPS) is 15.3. The highest BCUT2D eigenvalue weighted by Crippen LogP contribution is 2.23. The van der Waals surface area contributed by atoms with E-state index >= 15 is 0 Å². The lowest BCUT2D eigenvalue weighted by atomic mass is 10.1. The number of fused-ring (bicyclic) bond motifs is 1. The summed E-state index contributed by atoms with van der Waals surface area (Å²) >= 11 is 0. The molecule has 1 saturated heterocycles. The van der Waals surface area contributed by atoms with Crippen molar-refractivity contribution in [3.05, 3.63) is 24.3 Å². The third-order valence-electron chi connectivity index (χ3n) is 6.54. The second-order valence-electron chi connectivity index (χ2n) is 8.71. The Bertz CT molecular complexity index is 715. The van der Waals surface area contributed by atoms with Crippen LogP contribution in [0.2, 0.25) is 0 Å². The van der Waals surface area contributed by atoms with E-state index in [0.29, 0.717) is 0 Å². The molecule has 1 aromatic heterocycles. The topological polar surface area (TPSA) is 36.3 Å². The lowest BCUT2D eigenvalue weighted by molar-refractivity contribution is 0.224. The summed E-state index contributed by atoms with van der Waals surface area (Å²) in [5.74, 6) is 1.06. The first kappa shape index (κ1) is 23.1. The molecular weight excluding hydrogens is 370 g/mol. The van der Waals surface area contributed by atoms with Gasteiger partial charge in [-0.25, -0.2) is 0 Å². The van der Waals surface area contributed by atoms with Gasteiger partial charge in [-0.05, 0) is 83.5 Å². The highest BCUT2D eigenvalue weighted by atomic mass is 15.3. The molecule has 0 radical (unpaired) electrons. The van der Waals surface area contributed by atoms with E-state index in [-0.39, 0.29) is 0 Å². The summed E-state index contributed by atoms with van der Waals surface area (Å²) in [5.41, 5.74) is 1.25. The maximum atomic E-state index is 4.91. The van der Waals surface area contributed by atoms with Gasteiger partial charge in [0, 0.05) is 18.5 Å². The summed E-state index contributed by atoms with van der Waals surface area (Å²) in [5, 5.41) is 9.79. The first-order valence-corrected chi connectivity index (χ1v) is 12.5. The molecule has 0 atom stereocenters. The zero-order valence-electron chi connectivity index (χ0n) is 19.4. The van der Waals surface area contributed by atoms with Gasteiger partial charge in [-0.3, -0.25) is 4.68 Å². The molecule has 0 unspecified atom stereocenters. The first-order chi connectivity index (χ1) is 14.8. The van der Waals surface area contributed by atoms with Crippen LogP contribution in [0.4, 0.5) is 5.82 Å². The zero-order valence-corrected chi connectivity index (χ0v) is 19.4. The highest BCUT2D eigenvalue weighted by molar-refractivity contribution is 5.90. The standard InChI is InChI=1S/C25H43N5/c1-3-28(4-2)21-14-22-30-24-16-9-8-15-23(24)25(27-30)26-17-10-5-6-11-18-29-19-12-7-13-20-29/h8-9,15-16H,3-7,10-14,17-22H2,1-2H3,(H,26,27). The van der Waals surface area contributed by atoms with Gasteiger partial charge in [-0.15, -0.1) is 0 Å². The molecule has 1 aliphatic heterocycles. The van der Waals surface area contributed by atoms with Gasteiger partial charge in [0.2, 0.25) is 0 Å². The van der Waals surface area contributed by atoms with E-state index in [2.05, 4.69) is 57.9 Å². The fourth-order valence-corrected chi connectivity index (χ4v) is 4.62. The minimum atomic E-state index is 0.981. The Hall–Kier alpha value is -1.59. The quantitative estimate of drug-likeness (QED) is 0.430. The van der Waals surface area contributed by atoms with Gasteiger partial charge in [-0.1, -0.05) is 45.2 Å². The van der Waals surface area contributed by atoms with E-state index < -0.39 is 0 Å². The molecule has 1 aromatic carbocycles. The summed E-state index contributed by atoms with van der Waals surface area (Å²) in [6.45, 7) is 13.8. The molecular formula is C25H43N5.